The maximum absolute atomic E-state index is 12.3. The predicted molar refractivity (Wildman–Crippen MR) is 86.1 cm³/mol. The first-order chi connectivity index (χ1) is 8.68. The highest BCUT2D eigenvalue weighted by atomic mass is 35.5. The van der Waals surface area contributed by atoms with Gasteiger partial charge in [-0.1, -0.05) is 0 Å². The Hall–Kier alpha value is -0.840. The SMILES string of the molecule is Cc1ccc(C(=O)N(C)C2CCCNCC2)cn1.Cl.Cl. The lowest BCUT2D eigenvalue weighted by atomic mass is 10.1. The zero-order chi connectivity index (χ0) is 13.0. The number of amides is 1. The molecule has 1 aliphatic rings. The lowest BCUT2D eigenvalue weighted by molar-refractivity contribution is 0.0720. The third-order valence-corrected chi connectivity index (χ3v) is 3.57. The third kappa shape index (κ3) is 4.93. The number of carbonyl (C=O) groups excluding carboxylic acids is 1. The topological polar surface area (TPSA) is 45.2 Å². The summed E-state index contributed by atoms with van der Waals surface area (Å²) in [5.74, 6) is 0.0781. The summed E-state index contributed by atoms with van der Waals surface area (Å²) in [5, 5.41) is 3.37. The van der Waals surface area contributed by atoms with Gasteiger partial charge in [0.2, 0.25) is 0 Å². The summed E-state index contributed by atoms with van der Waals surface area (Å²) in [5.41, 5.74) is 1.62. The van der Waals surface area contributed by atoms with Crippen LogP contribution in [0.2, 0.25) is 0 Å². The molecule has 2 rings (SSSR count). The number of nitrogens with zero attached hydrogens (tertiary/aromatic N) is 2. The maximum atomic E-state index is 12.3. The van der Waals surface area contributed by atoms with Crippen LogP contribution in [0.5, 0.6) is 0 Å². The molecule has 1 amide bonds. The van der Waals surface area contributed by atoms with Gasteiger partial charge in [-0.3, -0.25) is 9.78 Å². The largest absolute Gasteiger partial charge is 0.339 e. The second kappa shape index (κ2) is 9.16. The highest BCUT2D eigenvalue weighted by Gasteiger charge is 2.22. The van der Waals surface area contributed by atoms with Crippen LogP contribution in [-0.4, -0.2) is 42.0 Å². The molecule has 1 aliphatic heterocycles. The summed E-state index contributed by atoms with van der Waals surface area (Å²) in [6, 6.07) is 4.08. The summed E-state index contributed by atoms with van der Waals surface area (Å²) in [6.07, 6.45) is 4.91. The Morgan fingerprint density at radius 3 is 2.70 bits per heavy atom. The summed E-state index contributed by atoms with van der Waals surface area (Å²) >= 11 is 0. The number of nitrogens with one attached hydrogen (secondary N) is 1. The average Bonchev–Trinajstić information content (AvgIpc) is 2.67. The Kier molecular flexibility index (Phi) is 8.78. The molecule has 114 valence electrons. The molecule has 1 fully saturated rings. The molecule has 1 unspecified atom stereocenters. The van der Waals surface area contributed by atoms with Crippen molar-refractivity contribution in [2.45, 2.75) is 32.2 Å². The molecule has 4 nitrogen and oxygen atoms in total. The van der Waals surface area contributed by atoms with E-state index >= 15 is 0 Å². The minimum absolute atomic E-state index is 0. The lowest BCUT2D eigenvalue weighted by Crippen LogP contribution is -2.37. The van der Waals surface area contributed by atoms with Crippen LogP contribution in [0.15, 0.2) is 18.3 Å². The van der Waals surface area contributed by atoms with Crippen LogP contribution in [-0.2, 0) is 0 Å². The zero-order valence-electron chi connectivity index (χ0n) is 12.0. The summed E-state index contributed by atoms with van der Waals surface area (Å²) in [6.45, 7) is 3.98. The first-order valence-corrected chi connectivity index (χ1v) is 6.59. The second-order valence-corrected chi connectivity index (χ2v) is 4.94. The first kappa shape index (κ1) is 19.2. The molecule has 0 aromatic carbocycles. The normalized spacial score (nSPS) is 18.2. The Balaban J connectivity index is 0.00000180. The fourth-order valence-electron chi connectivity index (χ4n) is 2.35. The van der Waals surface area contributed by atoms with Gasteiger partial charge in [0.15, 0.2) is 0 Å². The van der Waals surface area contributed by atoms with E-state index in [1.807, 2.05) is 31.0 Å². The number of rotatable bonds is 2. The van der Waals surface area contributed by atoms with Crippen LogP contribution in [0.1, 0.15) is 35.3 Å². The van der Waals surface area contributed by atoms with E-state index in [1.165, 1.54) is 0 Å². The van der Waals surface area contributed by atoms with E-state index in [-0.39, 0.29) is 30.7 Å². The van der Waals surface area contributed by atoms with E-state index in [2.05, 4.69) is 10.3 Å². The van der Waals surface area contributed by atoms with Crippen LogP contribution in [0, 0.1) is 6.92 Å². The number of carbonyl (C=O) groups is 1. The molecule has 2 heterocycles. The average molecular weight is 320 g/mol. The van der Waals surface area contributed by atoms with Crippen molar-refractivity contribution in [2.24, 2.45) is 0 Å². The van der Waals surface area contributed by atoms with Crippen LogP contribution in [0.4, 0.5) is 0 Å². The van der Waals surface area contributed by atoms with Gasteiger partial charge in [-0.05, 0) is 51.4 Å². The number of hydrogen-bond donors (Lipinski definition) is 1. The van der Waals surface area contributed by atoms with Crippen molar-refractivity contribution in [3.63, 3.8) is 0 Å². The molecule has 20 heavy (non-hydrogen) atoms. The van der Waals surface area contributed by atoms with Crippen molar-refractivity contribution in [3.05, 3.63) is 29.6 Å². The zero-order valence-corrected chi connectivity index (χ0v) is 13.6. The van der Waals surface area contributed by atoms with Gasteiger partial charge in [0.1, 0.15) is 0 Å². The monoisotopic (exact) mass is 319 g/mol. The Bertz CT molecular complexity index is 403. The minimum atomic E-state index is 0. The van der Waals surface area contributed by atoms with Gasteiger partial charge in [0.25, 0.3) is 5.91 Å². The number of pyridine rings is 1. The first-order valence-electron chi connectivity index (χ1n) is 6.59. The van der Waals surface area contributed by atoms with Gasteiger partial charge in [0.05, 0.1) is 5.56 Å². The second-order valence-electron chi connectivity index (χ2n) is 4.94. The van der Waals surface area contributed by atoms with Crippen LogP contribution in [0.25, 0.3) is 0 Å². The van der Waals surface area contributed by atoms with E-state index in [0.29, 0.717) is 11.6 Å². The molecule has 0 radical (unpaired) electrons. The highest BCUT2D eigenvalue weighted by Crippen LogP contribution is 2.14. The van der Waals surface area contributed by atoms with Crippen molar-refractivity contribution in [3.8, 4) is 0 Å². The molecule has 6 heteroatoms. The van der Waals surface area contributed by atoms with Crippen molar-refractivity contribution < 1.29 is 4.79 Å². The van der Waals surface area contributed by atoms with Gasteiger partial charge in [-0.15, -0.1) is 24.8 Å². The van der Waals surface area contributed by atoms with Crippen molar-refractivity contribution in [1.29, 1.82) is 0 Å². The number of aryl methyl sites for hydroxylation is 1. The summed E-state index contributed by atoms with van der Waals surface area (Å²) < 4.78 is 0. The quantitative estimate of drug-likeness (QED) is 0.910. The molecule has 0 spiro atoms. The van der Waals surface area contributed by atoms with Gasteiger partial charge in [-0.2, -0.15) is 0 Å². The molecular weight excluding hydrogens is 297 g/mol. The third-order valence-electron chi connectivity index (χ3n) is 3.57. The molecule has 0 aliphatic carbocycles. The van der Waals surface area contributed by atoms with Crippen molar-refractivity contribution in [1.82, 2.24) is 15.2 Å². The number of aromatic nitrogens is 1. The van der Waals surface area contributed by atoms with Crippen LogP contribution >= 0.6 is 24.8 Å². The molecule has 1 saturated heterocycles. The lowest BCUT2D eigenvalue weighted by Gasteiger charge is -2.27. The van der Waals surface area contributed by atoms with Crippen LogP contribution in [0.3, 0.4) is 0 Å². The highest BCUT2D eigenvalue weighted by molar-refractivity contribution is 5.93. The van der Waals surface area contributed by atoms with E-state index in [9.17, 15) is 4.79 Å². The molecule has 1 atom stereocenters. The van der Waals surface area contributed by atoms with E-state index < -0.39 is 0 Å². The van der Waals surface area contributed by atoms with Crippen LogP contribution < -0.4 is 5.32 Å². The van der Waals surface area contributed by atoms with E-state index in [0.717, 1.165) is 38.0 Å². The molecule has 0 bridgehead atoms. The summed E-state index contributed by atoms with van der Waals surface area (Å²) in [7, 11) is 1.90. The number of hydrogen-bond acceptors (Lipinski definition) is 3. The van der Waals surface area contributed by atoms with Gasteiger partial charge in [-0.25, -0.2) is 0 Å². The summed E-state index contributed by atoms with van der Waals surface area (Å²) in [4.78, 5) is 18.4. The van der Waals surface area contributed by atoms with Gasteiger partial charge >= 0.3 is 0 Å². The predicted octanol–water partition coefficient (Wildman–Crippen LogP) is 2.45. The van der Waals surface area contributed by atoms with E-state index in [4.69, 9.17) is 0 Å². The Morgan fingerprint density at radius 2 is 2.05 bits per heavy atom. The smallest absolute Gasteiger partial charge is 0.255 e. The Labute approximate surface area is 133 Å². The van der Waals surface area contributed by atoms with Crippen molar-refractivity contribution >= 4 is 30.7 Å². The van der Waals surface area contributed by atoms with Gasteiger partial charge < -0.3 is 10.2 Å². The Morgan fingerprint density at radius 1 is 1.30 bits per heavy atom. The molecule has 0 saturated carbocycles. The maximum Gasteiger partial charge on any atom is 0.255 e. The van der Waals surface area contributed by atoms with Crippen molar-refractivity contribution in [2.75, 3.05) is 20.1 Å². The van der Waals surface area contributed by atoms with Gasteiger partial charge in [0, 0.05) is 25.0 Å². The molecule has 1 aromatic heterocycles. The number of halogens is 2. The fraction of sp³-hybridized carbons (Fsp3) is 0.571. The standard InChI is InChI=1S/C14H21N3O.2ClH/c1-11-5-6-12(10-16-11)14(18)17(2)13-4-3-8-15-9-7-13;;/h5-6,10,13,15H,3-4,7-9H2,1-2H3;2*1H. The molecule has 1 aromatic rings. The van der Waals surface area contributed by atoms with E-state index in [1.54, 1.807) is 6.20 Å². The fourth-order valence-corrected chi connectivity index (χ4v) is 2.35. The molecular formula is C14H23Cl2N3O. The minimum Gasteiger partial charge on any atom is -0.339 e. The molecule has 1 N–H and O–H groups in total.